The predicted octanol–water partition coefficient (Wildman–Crippen LogP) is -0.654. The molecule has 0 radical (unpaired) electrons. The average Bonchev–Trinajstić information content (AvgIpc) is 2.56. The third kappa shape index (κ3) is 10.2. The first kappa shape index (κ1) is 26.8. The summed E-state index contributed by atoms with van der Waals surface area (Å²) in [4.78, 5) is 48.5. The van der Waals surface area contributed by atoms with Gasteiger partial charge in [0.25, 0.3) is 0 Å². The van der Waals surface area contributed by atoms with E-state index in [-0.39, 0.29) is 24.7 Å². The fourth-order valence-corrected chi connectivity index (χ4v) is 2.62. The Kier molecular flexibility index (Phi) is 11.4. The molecular weight excluding hydrogens is 380 g/mol. The van der Waals surface area contributed by atoms with Crippen molar-refractivity contribution in [1.82, 2.24) is 16.0 Å². The van der Waals surface area contributed by atoms with Gasteiger partial charge in [0.05, 0.1) is 12.1 Å². The van der Waals surface area contributed by atoms with Gasteiger partial charge in [0, 0.05) is 0 Å². The lowest BCUT2D eigenvalue weighted by Crippen LogP contribution is -2.59. The molecule has 10 heteroatoms. The van der Waals surface area contributed by atoms with E-state index >= 15 is 0 Å². The molecule has 0 aliphatic carbocycles. The SMILES string of the molecule is CC(C)CC(NC(=O)C(CC(C)C)NC(=O)C(NC(=O)C(C)N)C(C)O)C(=O)O. The van der Waals surface area contributed by atoms with Gasteiger partial charge in [-0.3, -0.25) is 14.4 Å². The van der Waals surface area contributed by atoms with Crippen molar-refractivity contribution >= 4 is 23.7 Å². The number of hydrogen-bond donors (Lipinski definition) is 6. The number of nitrogens with two attached hydrogens (primary N) is 1. The second kappa shape index (κ2) is 12.4. The molecular formula is C19H36N4O6. The standard InChI is InChI=1S/C19H36N4O6/c1-9(2)7-13(17(26)22-14(19(28)29)8-10(3)4)21-18(27)15(12(6)24)23-16(25)11(5)20/h9-15,24H,7-8,20H2,1-6H3,(H,21,27)(H,22,26)(H,23,25)(H,28,29). The zero-order chi connectivity index (χ0) is 22.9. The van der Waals surface area contributed by atoms with Crippen molar-refractivity contribution in [3.63, 3.8) is 0 Å². The summed E-state index contributed by atoms with van der Waals surface area (Å²) in [5, 5.41) is 26.5. The molecule has 0 aliphatic heterocycles. The van der Waals surface area contributed by atoms with Gasteiger partial charge in [0.2, 0.25) is 17.7 Å². The number of aliphatic carboxylic acids is 1. The third-order valence-electron chi connectivity index (χ3n) is 4.14. The first-order chi connectivity index (χ1) is 13.3. The van der Waals surface area contributed by atoms with Gasteiger partial charge in [-0.05, 0) is 38.5 Å². The molecule has 0 saturated heterocycles. The molecule has 0 aromatic heterocycles. The maximum absolute atomic E-state index is 12.7. The summed E-state index contributed by atoms with van der Waals surface area (Å²) >= 11 is 0. The van der Waals surface area contributed by atoms with Crippen LogP contribution >= 0.6 is 0 Å². The fourth-order valence-electron chi connectivity index (χ4n) is 2.62. The van der Waals surface area contributed by atoms with E-state index in [4.69, 9.17) is 5.73 Å². The van der Waals surface area contributed by atoms with Gasteiger partial charge in [0.15, 0.2) is 0 Å². The summed E-state index contributed by atoms with van der Waals surface area (Å²) in [6.45, 7) is 10.1. The van der Waals surface area contributed by atoms with Gasteiger partial charge in [0.1, 0.15) is 18.1 Å². The second-order valence-electron chi connectivity index (χ2n) is 8.24. The highest BCUT2D eigenvalue weighted by atomic mass is 16.4. The lowest BCUT2D eigenvalue weighted by atomic mass is 10.00. The van der Waals surface area contributed by atoms with Crippen molar-refractivity contribution in [2.24, 2.45) is 17.6 Å². The van der Waals surface area contributed by atoms with Crippen LogP contribution in [0.1, 0.15) is 54.4 Å². The molecule has 0 spiro atoms. The Morgan fingerprint density at radius 3 is 1.59 bits per heavy atom. The Hall–Kier alpha value is -2.20. The summed E-state index contributed by atoms with van der Waals surface area (Å²) in [5.74, 6) is -3.12. The lowest BCUT2D eigenvalue weighted by molar-refractivity contribution is -0.143. The molecule has 0 aromatic carbocycles. The topological polar surface area (TPSA) is 171 Å². The molecule has 29 heavy (non-hydrogen) atoms. The number of hydrogen-bond acceptors (Lipinski definition) is 6. The fraction of sp³-hybridized carbons (Fsp3) is 0.789. The number of rotatable bonds is 12. The van der Waals surface area contributed by atoms with Crippen LogP contribution in [0.4, 0.5) is 0 Å². The molecule has 0 rings (SSSR count). The molecule has 5 unspecified atom stereocenters. The quantitative estimate of drug-likeness (QED) is 0.245. The summed E-state index contributed by atoms with van der Waals surface area (Å²) in [6.07, 6.45) is -0.739. The molecule has 168 valence electrons. The normalized spacial score (nSPS) is 16.5. The first-order valence-corrected chi connectivity index (χ1v) is 9.83. The number of carbonyl (C=O) groups is 4. The molecule has 0 heterocycles. The van der Waals surface area contributed by atoms with Crippen molar-refractivity contribution in [3.05, 3.63) is 0 Å². The van der Waals surface area contributed by atoms with Gasteiger partial charge in [-0.15, -0.1) is 0 Å². The van der Waals surface area contributed by atoms with Crippen LogP contribution in [-0.4, -0.2) is 64.2 Å². The van der Waals surface area contributed by atoms with Crippen molar-refractivity contribution in [2.45, 2.75) is 84.7 Å². The second-order valence-corrected chi connectivity index (χ2v) is 8.24. The number of amides is 3. The highest BCUT2D eigenvalue weighted by molar-refractivity contribution is 5.94. The van der Waals surface area contributed by atoms with Crippen LogP contribution in [0.3, 0.4) is 0 Å². The van der Waals surface area contributed by atoms with Crippen molar-refractivity contribution in [2.75, 3.05) is 0 Å². The van der Waals surface area contributed by atoms with Gasteiger partial charge in [-0.25, -0.2) is 4.79 Å². The average molecular weight is 417 g/mol. The van der Waals surface area contributed by atoms with E-state index in [9.17, 15) is 29.4 Å². The molecule has 7 N–H and O–H groups in total. The Bertz CT molecular complexity index is 577. The molecule has 0 aromatic rings. The lowest BCUT2D eigenvalue weighted by Gasteiger charge is -2.27. The van der Waals surface area contributed by atoms with Gasteiger partial charge < -0.3 is 31.9 Å². The van der Waals surface area contributed by atoms with E-state index in [0.717, 1.165) is 0 Å². The van der Waals surface area contributed by atoms with Crippen LogP contribution in [0.25, 0.3) is 0 Å². The van der Waals surface area contributed by atoms with Crippen LogP contribution < -0.4 is 21.7 Å². The molecule has 0 fully saturated rings. The molecule has 0 aliphatic rings. The van der Waals surface area contributed by atoms with Crippen molar-refractivity contribution in [3.8, 4) is 0 Å². The summed E-state index contributed by atoms with van der Waals surface area (Å²) in [6, 6.07) is -4.29. The van der Waals surface area contributed by atoms with Crippen LogP contribution in [0.2, 0.25) is 0 Å². The number of carbonyl (C=O) groups excluding carboxylic acids is 3. The number of carboxylic acid groups (broad SMARTS) is 1. The molecule has 10 nitrogen and oxygen atoms in total. The number of carboxylic acids is 1. The van der Waals surface area contributed by atoms with E-state index in [1.807, 2.05) is 27.7 Å². The smallest absolute Gasteiger partial charge is 0.326 e. The minimum absolute atomic E-state index is 0.0167. The zero-order valence-corrected chi connectivity index (χ0v) is 18.1. The maximum atomic E-state index is 12.7. The molecule has 3 amide bonds. The zero-order valence-electron chi connectivity index (χ0n) is 18.1. The van der Waals surface area contributed by atoms with Crippen LogP contribution in [-0.2, 0) is 19.2 Å². The van der Waals surface area contributed by atoms with E-state index < -0.39 is 54.0 Å². The van der Waals surface area contributed by atoms with E-state index in [2.05, 4.69) is 16.0 Å². The van der Waals surface area contributed by atoms with Crippen LogP contribution in [0, 0.1) is 11.8 Å². The summed E-state index contributed by atoms with van der Waals surface area (Å²) in [5.41, 5.74) is 5.48. The van der Waals surface area contributed by atoms with Gasteiger partial charge in [-0.1, -0.05) is 27.7 Å². The summed E-state index contributed by atoms with van der Waals surface area (Å²) in [7, 11) is 0. The highest BCUT2D eigenvalue weighted by Gasteiger charge is 2.32. The van der Waals surface area contributed by atoms with Crippen molar-refractivity contribution < 1.29 is 29.4 Å². The minimum Gasteiger partial charge on any atom is -0.480 e. The molecule has 0 saturated carbocycles. The van der Waals surface area contributed by atoms with E-state index in [1.54, 1.807) is 0 Å². The monoisotopic (exact) mass is 416 g/mol. The van der Waals surface area contributed by atoms with Gasteiger partial charge >= 0.3 is 5.97 Å². The Morgan fingerprint density at radius 1 is 0.759 bits per heavy atom. The Balaban J connectivity index is 5.38. The van der Waals surface area contributed by atoms with E-state index in [0.29, 0.717) is 0 Å². The summed E-state index contributed by atoms with van der Waals surface area (Å²) < 4.78 is 0. The minimum atomic E-state index is -1.30. The maximum Gasteiger partial charge on any atom is 0.326 e. The Morgan fingerprint density at radius 2 is 1.21 bits per heavy atom. The van der Waals surface area contributed by atoms with Crippen LogP contribution in [0.5, 0.6) is 0 Å². The van der Waals surface area contributed by atoms with E-state index in [1.165, 1.54) is 13.8 Å². The molecule has 5 atom stereocenters. The van der Waals surface area contributed by atoms with Gasteiger partial charge in [-0.2, -0.15) is 0 Å². The van der Waals surface area contributed by atoms with Crippen LogP contribution in [0.15, 0.2) is 0 Å². The Labute approximate surface area is 172 Å². The molecule has 0 bridgehead atoms. The number of aliphatic hydroxyl groups is 1. The number of nitrogens with one attached hydrogen (secondary N) is 3. The third-order valence-corrected chi connectivity index (χ3v) is 4.14. The number of aliphatic hydroxyl groups excluding tert-OH is 1. The highest BCUT2D eigenvalue weighted by Crippen LogP contribution is 2.09. The largest absolute Gasteiger partial charge is 0.480 e. The predicted molar refractivity (Wildman–Crippen MR) is 108 cm³/mol. The van der Waals surface area contributed by atoms with Crippen molar-refractivity contribution in [1.29, 1.82) is 0 Å². The first-order valence-electron chi connectivity index (χ1n) is 9.83.